The number of hydrogen-bond acceptors (Lipinski definition) is 4. The van der Waals surface area contributed by atoms with Gasteiger partial charge in [0.2, 0.25) is 0 Å². The van der Waals surface area contributed by atoms with Gasteiger partial charge in [-0.2, -0.15) is 5.10 Å². The summed E-state index contributed by atoms with van der Waals surface area (Å²) in [4.78, 5) is 12.2. The van der Waals surface area contributed by atoms with Crippen molar-refractivity contribution in [1.29, 1.82) is 0 Å². The molecule has 0 radical (unpaired) electrons. The minimum atomic E-state index is -0.327. The summed E-state index contributed by atoms with van der Waals surface area (Å²) in [6, 6.07) is 9.11. The van der Waals surface area contributed by atoms with Gasteiger partial charge in [-0.15, -0.1) is 0 Å². The summed E-state index contributed by atoms with van der Waals surface area (Å²) in [7, 11) is 0. The van der Waals surface area contributed by atoms with Gasteiger partial charge < -0.3 is 10.5 Å². The van der Waals surface area contributed by atoms with Gasteiger partial charge >= 0.3 is 0 Å². The molecule has 0 aliphatic heterocycles. The maximum absolute atomic E-state index is 12.2. The number of aryl methyl sites for hydroxylation is 1. The second-order valence-corrected chi connectivity index (χ2v) is 4.86. The number of nitrogens with zero attached hydrogens (tertiary/aromatic N) is 2. The van der Waals surface area contributed by atoms with Crippen molar-refractivity contribution < 1.29 is 4.74 Å². The van der Waals surface area contributed by atoms with Crippen LogP contribution in [0.4, 0.5) is 0 Å². The fraction of sp³-hybridized carbons (Fsp3) is 0.375. The Kier molecular flexibility index (Phi) is 4.75. The molecule has 2 aromatic rings. The quantitative estimate of drug-likeness (QED) is 0.916. The molecule has 1 atom stereocenters. The third kappa shape index (κ3) is 3.31. The molecule has 1 aromatic heterocycles. The maximum Gasteiger partial charge on any atom is 0.271 e. The summed E-state index contributed by atoms with van der Waals surface area (Å²) in [5.41, 5.74) is 7.98. The highest BCUT2D eigenvalue weighted by molar-refractivity contribution is 5.61. The van der Waals surface area contributed by atoms with E-state index in [0.717, 1.165) is 17.0 Å². The topological polar surface area (TPSA) is 70.1 Å². The summed E-state index contributed by atoms with van der Waals surface area (Å²) in [5, 5.41) is 4.40. The number of hydrogen-bond donors (Lipinski definition) is 1. The van der Waals surface area contributed by atoms with E-state index in [-0.39, 0.29) is 11.6 Å². The van der Waals surface area contributed by atoms with Crippen LogP contribution in [0, 0.1) is 0 Å². The monoisotopic (exact) mass is 287 g/mol. The molecule has 0 saturated carbocycles. The molecule has 5 heteroatoms. The predicted octanol–water partition coefficient (Wildman–Crippen LogP) is 2.35. The summed E-state index contributed by atoms with van der Waals surface area (Å²) >= 11 is 0. The standard InChI is InChI=1S/C16H21N3O2/c1-4-19-16(20)14(11(3)17)10-15(18-19)12-7-6-8-13(9-12)21-5-2/h6-11H,4-5,17H2,1-3H3. The Morgan fingerprint density at radius 2 is 2.10 bits per heavy atom. The first-order valence-electron chi connectivity index (χ1n) is 7.17. The molecule has 0 amide bonds. The second-order valence-electron chi connectivity index (χ2n) is 4.86. The average molecular weight is 287 g/mol. The molecule has 5 nitrogen and oxygen atoms in total. The van der Waals surface area contributed by atoms with Crippen molar-refractivity contribution in [2.75, 3.05) is 6.61 Å². The van der Waals surface area contributed by atoms with Crippen molar-refractivity contribution in [2.45, 2.75) is 33.4 Å². The lowest BCUT2D eigenvalue weighted by Gasteiger charge is -2.12. The molecule has 0 saturated heterocycles. The zero-order valence-corrected chi connectivity index (χ0v) is 12.7. The van der Waals surface area contributed by atoms with E-state index in [1.807, 2.05) is 38.1 Å². The maximum atomic E-state index is 12.2. The molecule has 1 heterocycles. The van der Waals surface area contributed by atoms with Gasteiger partial charge in [-0.3, -0.25) is 4.79 Å². The lowest BCUT2D eigenvalue weighted by Crippen LogP contribution is -2.29. The van der Waals surface area contributed by atoms with Gasteiger partial charge in [0.25, 0.3) is 5.56 Å². The Bertz CT molecular complexity index is 677. The van der Waals surface area contributed by atoms with Crippen LogP contribution in [-0.4, -0.2) is 16.4 Å². The van der Waals surface area contributed by atoms with Crippen LogP contribution in [0.2, 0.25) is 0 Å². The fourth-order valence-corrected chi connectivity index (χ4v) is 2.16. The Hall–Kier alpha value is -2.14. The van der Waals surface area contributed by atoms with Crippen LogP contribution in [0.3, 0.4) is 0 Å². The number of rotatable bonds is 5. The van der Waals surface area contributed by atoms with Crippen LogP contribution >= 0.6 is 0 Å². The Labute approximate surface area is 124 Å². The first-order valence-corrected chi connectivity index (χ1v) is 7.17. The molecule has 21 heavy (non-hydrogen) atoms. The molecule has 2 N–H and O–H groups in total. The summed E-state index contributed by atoms with van der Waals surface area (Å²) < 4.78 is 6.95. The number of aromatic nitrogens is 2. The molecular formula is C16H21N3O2. The molecule has 1 unspecified atom stereocenters. The van der Waals surface area contributed by atoms with Gasteiger partial charge in [0.1, 0.15) is 5.75 Å². The van der Waals surface area contributed by atoms with E-state index in [1.165, 1.54) is 4.68 Å². The number of nitrogens with two attached hydrogens (primary N) is 1. The summed E-state index contributed by atoms with van der Waals surface area (Å²) in [6.45, 7) is 6.75. The molecule has 2 rings (SSSR count). The largest absolute Gasteiger partial charge is 0.494 e. The third-order valence-corrected chi connectivity index (χ3v) is 3.23. The van der Waals surface area contributed by atoms with Crippen molar-refractivity contribution in [1.82, 2.24) is 9.78 Å². The molecule has 0 aliphatic rings. The van der Waals surface area contributed by atoms with Gasteiger partial charge in [-0.05, 0) is 39.0 Å². The highest BCUT2D eigenvalue weighted by Crippen LogP contribution is 2.23. The number of benzene rings is 1. The summed E-state index contributed by atoms with van der Waals surface area (Å²) in [6.07, 6.45) is 0. The smallest absolute Gasteiger partial charge is 0.271 e. The van der Waals surface area contributed by atoms with E-state index >= 15 is 0 Å². The first-order chi connectivity index (χ1) is 10.1. The average Bonchev–Trinajstić information content (AvgIpc) is 2.48. The summed E-state index contributed by atoms with van der Waals surface area (Å²) in [5.74, 6) is 0.786. The van der Waals surface area contributed by atoms with E-state index in [0.29, 0.717) is 18.7 Å². The van der Waals surface area contributed by atoms with Gasteiger partial charge in [0.15, 0.2) is 0 Å². The third-order valence-electron chi connectivity index (χ3n) is 3.23. The Balaban J connectivity index is 2.55. The van der Waals surface area contributed by atoms with Crippen molar-refractivity contribution in [3.63, 3.8) is 0 Å². The Morgan fingerprint density at radius 1 is 1.33 bits per heavy atom. The minimum absolute atomic E-state index is 0.128. The molecule has 0 aliphatic carbocycles. The van der Waals surface area contributed by atoms with E-state index < -0.39 is 0 Å². The van der Waals surface area contributed by atoms with Crippen LogP contribution in [0.1, 0.15) is 32.4 Å². The van der Waals surface area contributed by atoms with Gasteiger partial charge in [-0.25, -0.2) is 4.68 Å². The van der Waals surface area contributed by atoms with E-state index in [1.54, 1.807) is 13.0 Å². The highest BCUT2D eigenvalue weighted by Gasteiger charge is 2.12. The van der Waals surface area contributed by atoms with Gasteiger partial charge in [0, 0.05) is 23.7 Å². The van der Waals surface area contributed by atoms with Gasteiger partial charge in [0.05, 0.1) is 12.3 Å². The van der Waals surface area contributed by atoms with Crippen LogP contribution < -0.4 is 16.0 Å². The predicted molar refractivity (Wildman–Crippen MR) is 83.4 cm³/mol. The zero-order chi connectivity index (χ0) is 15.4. The number of ether oxygens (including phenoxy) is 1. The van der Waals surface area contributed by atoms with Crippen molar-refractivity contribution >= 4 is 0 Å². The molecule has 112 valence electrons. The lowest BCUT2D eigenvalue weighted by atomic mass is 10.1. The van der Waals surface area contributed by atoms with Crippen LogP contribution in [-0.2, 0) is 6.54 Å². The van der Waals surface area contributed by atoms with Crippen LogP contribution in [0.5, 0.6) is 5.75 Å². The minimum Gasteiger partial charge on any atom is -0.494 e. The van der Waals surface area contributed by atoms with Gasteiger partial charge in [-0.1, -0.05) is 12.1 Å². The van der Waals surface area contributed by atoms with Crippen molar-refractivity contribution in [3.05, 3.63) is 46.2 Å². The molecular weight excluding hydrogens is 266 g/mol. The van der Waals surface area contributed by atoms with Crippen molar-refractivity contribution in [3.8, 4) is 17.0 Å². The SMILES string of the molecule is CCOc1cccc(-c2cc(C(C)N)c(=O)n(CC)n2)c1. The van der Waals surface area contributed by atoms with Crippen LogP contribution in [0.25, 0.3) is 11.3 Å². The second kappa shape index (κ2) is 6.54. The Morgan fingerprint density at radius 3 is 2.71 bits per heavy atom. The van der Waals surface area contributed by atoms with E-state index in [4.69, 9.17) is 10.5 Å². The first kappa shape index (κ1) is 15.3. The zero-order valence-electron chi connectivity index (χ0n) is 12.7. The molecule has 0 fully saturated rings. The molecule has 0 bridgehead atoms. The van der Waals surface area contributed by atoms with Crippen molar-refractivity contribution in [2.24, 2.45) is 5.73 Å². The highest BCUT2D eigenvalue weighted by atomic mass is 16.5. The molecule has 0 spiro atoms. The molecule has 1 aromatic carbocycles. The normalized spacial score (nSPS) is 12.2. The van der Waals surface area contributed by atoms with E-state index in [9.17, 15) is 4.79 Å². The van der Waals surface area contributed by atoms with Crippen LogP contribution in [0.15, 0.2) is 35.1 Å². The van der Waals surface area contributed by atoms with E-state index in [2.05, 4.69) is 5.10 Å². The fourth-order valence-electron chi connectivity index (χ4n) is 2.16. The lowest BCUT2D eigenvalue weighted by molar-refractivity contribution is 0.340.